The minimum atomic E-state index is 0.684. The Labute approximate surface area is 67.6 Å². The van der Waals surface area contributed by atoms with Crippen LogP contribution in [0.15, 0.2) is 24.3 Å². The zero-order valence-corrected chi connectivity index (χ0v) is 6.96. The molecule has 0 bridgehead atoms. The molecule has 0 heterocycles. The van der Waals surface area contributed by atoms with Gasteiger partial charge in [-0.3, -0.25) is 0 Å². The summed E-state index contributed by atoms with van der Waals surface area (Å²) in [6.07, 6.45) is 0. The average molecular weight is 149 g/mol. The fraction of sp³-hybridized carbons (Fsp3) is 0.333. The fourth-order valence-corrected chi connectivity index (χ4v) is 0.925. The molecular weight excluding hydrogens is 136 g/mol. The summed E-state index contributed by atoms with van der Waals surface area (Å²) in [4.78, 5) is 0. The van der Waals surface area contributed by atoms with Crippen LogP contribution < -0.4 is 5.32 Å². The summed E-state index contributed by atoms with van der Waals surface area (Å²) in [5.74, 6) is 0. The number of nitrogens with one attached hydrogen (secondary N) is 1. The molecule has 0 radical (unpaired) electrons. The van der Waals surface area contributed by atoms with Crippen LogP contribution in [0.2, 0.25) is 0 Å². The van der Waals surface area contributed by atoms with Crippen LogP contribution in [-0.2, 0) is 0 Å². The molecule has 0 aliphatic rings. The lowest BCUT2D eigenvalue weighted by molar-refractivity contribution is 1.25. The van der Waals surface area contributed by atoms with Crippen LogP contribution in [0.5, 0.6) is 0 Å². The first-order valence-electron chi connectivity index (χ1n) is 3.69. The van der Waals surface area contributed by atoms with Crippen molar-refractivity contribution in [3.63, 3.8) is 0 Å². The van der Waals surface area contributed by atoms with Gasteiger partial charge in [0, 0.05) is 5.69 Å². The van der Waals surface area contributed by atoms with Gasteiger partial charge in [0.25, 0.3) is 0 Å². The molecule has 1 aromatic rings. The molecule has 0 saturated heterocycles. The fourth-order valence-electron chi connectivity index (χ4n) is 0.925. The SMILES string of the molecule is C[N-]CNc1cccc(C)c1. The van der Waals surface area contributed by atoms with Gasteiger partial charge in [0.1, 0.15) is 0 Å². The smallest absolute Gasteiger partial charge is 0.0326 e. The Kier molecular flexibility index (Phi) is 2.93. The van der Waals surface area contributed by atoms with Crippen LogP contribution in [0.25, 0.3) is 5.32 Å². The summed E-state index contributed by atoms with van der Waals surface area (Å²) in [5, 5.41) is 7.12. The van der Waals surface area contributed by atoms with Crippen LogP contribution in [0.4, 0.5) is 5.69 Å². The van der Waals surface area contributed by atoms with E-state index in [0.29, 0.717) is 6.67 Å². The number of hydrogen-bond acceptors (Lipinski definition) is 1. The topological polar surface area (TPSA) is 26.1 Å². The van der Waals surface area contributed by atoms with Gasteiger partial charge in [-0.15, -0.1) is 0 Å². The molecule has 0 atom stereocenters. The highest BCUT2D eigenvalue weighted by Crippen LogP contribution is 2.08. The zero-order valence-electron chi connectivity index (χ0n) is 6.96. The molecule has 1 N–H and O–H groups in total. The molecule has 0 aliphatic heterocycles. The van der Waals surface area contributed by atoms with Crippen molar-refractivity contribution in [2.75, 3.05) is 19.0 Å². The number of rotatable bonds is 3. The molecule has 0 aliphatic carbocycles. The molecule has 11 heavy (non-hydrogen) atoms. The molecule has 0 amide bonds. The van der Waals surface area contributed by atoms with Gasteiger partial charge in [-0.2, -0.15) is 7.05 Å². The van der Waals surface area contributed by atoms with E-state index >= 15 is 0 Å². The molecular formula is C9H13N2-. The Morgan fingerprint density at radius 1 is 1.45 bits per heavy atom. The highest BCUT2D eigenvalue weighted by Gasteiger charge is 1.86. The summed E-state index contributed by atoms with van der Waals surface area (Å²) in [7, 11) is 1.79. The van der Waals surface area contributed by atoms with Gasteiger partial charge in [-0.1, -0.05) is 18.8 Å². The van der Waals surface area contributed by atoms with Crippen molar-refractivity contribution >= 4 is 5.69 Å². The highest BCUT2D eigenvalue weighted by atomic mass is 15.0. The van der Waals surface area contributed by atoms with Gasteiger partial charge in [0.05, 0.1) is 0 Å². The maximum atomic E-state index is 3.95. The van der Waals surface area contributed by atoms with E-state index in [2.05, 4.69) is 29.7 Å². The van der Waals surface area contributed by atoms with Crippen molar-refractivity contribution < 1.29 is 0 Å². The van der Waals surface area contributed by atoms with E-state index in [1.165, 1.54) is 5.56 Å². The number of hydrogen-bond donors (Lipinski definition) is 1. The lowest BCUT2D eigenvalue weighted by Gasteiger charge is -2.14. The normalized spacial score (nSPS) is 9.64. The summed E-state index contributed by atoms with van der Waals surface area (Å²) >= 11 is 0. The van der Waals surface area contributed by atoms with Crippen LogP contribution in [-0.4, -0.2) is 13.7 Å². The largest absolute Gasteiger partial charge is 0.648 e. The van der Waals surface area contributed by atoms with E-state index in [-0.39, 0.29) is 0 Å². The third kappa shape index (κ3) is 2.60. The lowest BCUT2D eigenvalue weighted by Crippen LogP contribution is -1.98. The number of anilines is 1. The first-order valence-corrected chi connectivity index (χ1v) is 3.69. The monoisotopic (exact) mass is 149 g/mol. The second kappa shape index (κ2) is 3.98. The minimum Gasteiger partial charge on any atom is -0.648 e. The van der Waals surface area contributed by atoms with Gasteiger partial charge in [-0.05, 0) is 24.6 Å². The molecule has 0 saturated carbocycles. The van der Waals surface area contributed by atoms with E-state index in [1.807, 2.05) is 12.1 Å². The second-order valence-corrected chi connectivity index (χ2v) is 2.52. The van der Waals surface area contributed by atoms with Crippen molar-refractivity contribution in [2.45, 2.75) is 6.92 Å². The summed E-state index contributed by atoms with van der Waals surface area (Å²) < 4.78 is 0. The Bertz CT molecular complexity index is 221. The molecule has 0 unspecified atom stereocenters. The Hall–Kier alpha value is -1.02. The van der Waals surface area contributed by atoms with E-state index in [4.69, 9.17) is 0 Å². The minimum absolute atomic E-state index is 0.684. The first-order chi connectivity index (χ1) is 5.33. The highest BCUT2D eigenvalue weighted by molar-refractivity contribution is 5.45. The van der Waals surface area contributed by atoms with E-state index < -0.39 is 0 Å². The Balaban J connectivity index is 2.56. The number of nitrogens with zero attached hydrogens (tertiary/aromatic N) is 1. The van der Waals surface area contributed by atoms with Crippen molar-refractivity contribution in [3.8, 4) is 0 Å². The Morgan fingerprint density at radius 3 is 2.91 bits per heavy atom. The van der Waals surface area contributed by atoms with Crippen molar-refractivity contribution in [3.05, 3.63) is 35.1 Å². The molecule has 1 rings (SSSR count). The predicted octanol–water partition coefficient (Wildman–Crippen LogP) is 2.37. The average Bonchev–Trinajstić information content (AvgIpc) is 2.01. The van der Waals surface area contributed by atoms with Crippen molar-refractivity contribution in [2.24, 2.45) is 0 Å². The van der Waals surface area contributed by atoms with E-state index in [1.54, 1.807) is 7.05 Å². The number of benzene rings is 1. The van der Waals surface area contributed by atoms with Gasteiger partial charge in [0.2, 0.25) is 0 Å². The molecule has 1 aromatic carbocycles. The molecule has 2 heteroatoms. The van der Waals surface area contributed by atoms with Crippen LogP contribution in [0, 0.1) is 6.92 Å². The molecule has 60 valence electrons. The van der Waals surface area contributed by atoms with Gasteiger partial charge in [0.15, 0.2) is 0 Å². The standard InChI is InChI=1S/C9H13N2/c1-8-4-3-5-9(6-8)11-7-10-2/h3-6,11H,7H2,1-2H3/q-1. The summed E-state index contributed by atoms with van der Waals surface area (Å²) in [6, 6.07) is 8.25. The third-order valence-corrected chi connectivity index (χ3v) is 1.46. The van der Waals surface area contributed by atoms with Crippen molar-refractivity contribution in [1.82, 2.24) is 0 Å². The van der Waals surface area contributed by atoms with Crippen molar-refractivity contribution in [1.29, 1.82) is 0 Å². The van der Waals surface area contributed by atoms with E-state index in [9.17, 15) is 0 Å². The molecule has 0 fully saturated rings. The van der Waals surface area contributed by atoms with Gasteiger partial charge in [-0.25, -0.2) is 0 Å². The number of aryl methyl sites for hydroxylation is 1. The lowest BCUT2D eigenvalue weighted by atomic mass is 10.2. The maximum Gasteiger partial charge on any atom is 0.0326 e. The van der Waals surface area contributed by atoms with Gasteiger partial charge < -0.3 is 10.6 Å². The van der Waals surface area contributed by atoms with Crippen LogP contribution in [0.1, 0.15) is 5.56 Å². The first kappa shape index (κ1) is 8.08. The zero-order chi connectivity index (χ0) is 8.10. The molecule has 2 nitrogen and oxygen atoms in total. The third-order valence-electron chi connectivity index (χ3n) is 1.46. The quantitative estimate of drug-likeness (QED) is 0.701. The Morgan fingerprint density at radius 2 is 2.27 bits per heavy atom. The second-order valence-electron chi connectivity index (χ2n) is 2.52. The van der Waals surface area contributed by atoms with Gasteiger partial charge >= 0.3 is 0 Å². The molecule has 0 aromatic heterocycles. The predicted molar refractivity (Wildman–Crippen MR) is 49.0 cm³/mol. The summed E-state index contributed by atoms with van der Waals surface area (Å²) in [5.41, 5.74) is 2.40. The van der Waals surface area contributed by atoms with E-state index in [0.717, 1.165) is 5.69 Å². The summed E-state index contributed by atoms with van der Waals surface area (Å²) in [6.45, 7) is 2.76. The van der Waals surface area contributed by atoms with Crippen LogP contribution in [0.3, 0.4) is 0 Å². The van der Waals surface area contributed by atoms with Crippen LogP contribution >= 0.6 is 0 Å². The maximum absolute atomic E-state index is 3.95. The molecule has 0 spiro atoms.